The van der Waals surface area contributed by atoms with Crippen LogP contribution in [-0.2, 0) is 14.3 Å². The van der Waals surface area contributed by atoms with Crippen LogP contribution in [0.4, 0.5) is 0 Å². The van der Waals surface area contributed by atoms with Crippen molar-refractivity contribution >= 4 is 34.7 Å². The van der Waals surface area contributed by atoms with Gasteiger partial charge in [-0.3, -0.25) is 9.69 Å². The van der Waals surface area contributed by atoms with E-state index in [9.17, 15) is 14.7 Å². The van der Waals surface area contributed by atoms with Crippen LogP contribution in [0.3, 0.4) is 0 Å². The lowest BCUT2D eigenvalue weighted by atomic mass is 10.2. The molecule has 1 N–H and O–H groups in total. The number of Topliss-reactive ketones (excluding diaryl/α,β-unsaturated/α-hetero) is 1. The summed E-state index contributed by atoms with van der Waals surface area (Å²) in [5.41, 5.74) is -0.0557. The Hall–Kier alpha value is -1.84. The molecule has 0 bridgehead atoms. The van der Waals surface area contributed by atoms with Gasteiger partial charge in [0.15, 0.2) is 16.5 Å². The number of aliphatic hydroxyl groups is 1. The Morgan fingerprint density at radius 2 is 2.21 bits per heavy atom. The third-order valence-corrected chi connectivity index (χ3v) is 5.31. The molecule has 3 heterocycles. The van der Waals surface area contributed by atoms with Gasteiger partial charge < -0.3 is 19.6 Å². The SMILES string of the molecule is CCOC(=O)C(=O)C1=C(O)N(C)C2N(C)CC(c3cnc(Cl)s3)N12. The Balaban J connectivity index is 2.01. The van der Waals surface area contributed by atoms with E-state index in [1.807, 2.05) is 11.9 Å². The molecular weight excluding hydrogens is 356 g/mol. The maximum absolute atomic E-state index is 12.5. The number of carbonyl (C=O) groups is 2. The molecule has 1 fully saturated rings. The molecule has 1 aromatic rings. The van der Waals surface area contributed by atoms with Crippen molar-refractivity contribution in [2.75, 3.05) is 27.2 Å². The third-order valence-electron chi connectivity index (χ3n) is 4.09. The van der Waals surface area contributed by atoms with Gasteiger partial charge in [-0.1, -0.05) is 11.6 Å². The first kappa shape index (κ1) is 17.0. The molecule has 3 rings (SSSR count). The predicted molar refractivity (Wildman–Crippen MR) is 87.2 cm³/mol. The summed E-state index contributed by atoms with van der Waals surface area (Å²) >= 11 is 7.24. The Kier molecular flexibility index (Phi) is 4.41. The Morgan fingerprint density at radius 1 is 1.50 bits per heavy atom. The number of nitrogens with zero attached hydrogens (tertiary/aromatic N) is 4. The fourth-order valence-corrected chi connectivity index (χ4v) is 4.18. The molecule has 2 aliphatic heterocycles. The summed E-state index contributed by atoms with van der Waals surface area (Å²) in [4.78, 5) is 34.5. The van der Waals surface area contributed by atoms with Crippen molar-refractivity contribution in [1.82, 2.24) is 19.7 Å². The smallest absolute Gasteiger partial charge is 0.381 e. The van der Waals surface area contributed by atoms with E-state index in [1.54, 1.807) is 30.0 Å². The van der Waals surface area contributed by atoms with E-state index in [-0.39, 0.29) is 30.5 Å². The molecule has 1 saturated heterocycles. The van der Waals surface area contributed by atoms with Gasteiger partial charge in [0.05, 0.1) is 12.6 Å². The summed E-state index contributed by atoms with van der Waals surface area (Å²) < 4.78 is 5.19. The van der Waals surface area contributed by atoms with Gasteiger partial charge in [-0.15, -0.1) is 11.3 Å². The van der Waals surface area contributed by atoms with Crippen LogP contribution < -0.4 is 0 Å². The van der Waals surface area contributed by atoms with Crippen molar-refractivity contribution in [1.29, 1.82) is 0 Å². The Labute approximate surface area is 147 Å². The van der Waals surface area contributed by atoms with Gasteiger partial charge in [0.25, 0.3) is 5.78 Å². The van der Waals surface area contributed by atoms with Gasteiger partial charge in [-0.05, 0) is 14.0 Å². The maximum atomic E-state index is 12.5. The van der Waals surface area contributed by atoms with E-state index in [4.69, 9.17) is 16.3 Å². The number of aromatic nitrogens is 1. The summed E-state index contributed by atoms with van der Waals surface area (Å²) in [5, 5.41) is 10.4. The second kappa shape index (κ2) is 6.23. The van der Waals surface area contributed by atoms with Crippen molar-refractivity contribution < 1.29 is 19.4 Å². The molecule has 130 valence electrons. The van der Waals surface area contributed by atoms with Crippen LogP contribution in [0.15, 0.2) is 17.8 Å². The summed E-state index contributed by atoms with van der Waals surface area (Å²) in [7, 11) is 3.54. The number of thiazole rings is 1. The molecule has 0 saturated carbocycles. The average Bonchev–Trinajstić information content (AvgIpc) is 3.17. The first-order chi connectivity index (χ1) is 11.4. The maximum Gasteiger partial charge on any atom is 0.381 e. The number of halogens is 1. The highest BCUT2D eigenvalue weighted by Gasteiger charge is 2.52. The van der Waals surface area contributed by atoms with Gasteiger partial charge in [0.2, 0.25) is 5.88 Å². The highest BCUT2D eigenvalue weighted by Crippen LogP contribution is 2.43. The number of hydrogen-bond acceptors (Lipinski definition) is 9. The Bertz CT molecular complexity index is 721. The number of hydrogen-bond donors (Lipinski definition) is 1. The third kappa shape index (κ3) is 2.52. The lowest BCUT2D eigenvalue weighted by Gasteiger charge is -2.30. The molecule has 0 aromatic carbocycles. The highest BCUT2D eigenvalue weighted by atomic mass is 35.5. The van der Waals surface area contributed by atoms with E-state index in [1.165, 1.54) is 11.3 Å². The van der Waals surface area contributed by atoms with E-state index >= 15 is 0 Å². The van der Waals surface area contributed by atoms with E-state index < -0.39 is 11.8 Å². The van der Waals surface area contributed by atoms with E-state index in [0.717, 1.165) is 4.88 Å². The van der Waals surface area contributed by atoms with Crippen LogP contribution in [0.2, 0.25) is 4.47 Å². The van der Waals surface area contributed by atoms with Crippen LogP contribution in [0.1, 0.15) is 17.8 Å². The minimum absolute atomic E-state index is 0.0557. The molecule has 0 amide bonds. The molecule has 2 aliphatic rings. The molecule has 2 unspecified atom stereocenters. The van der Waals surface area contributed by atoms with Crippen molar-refractivity contribution in [2.45, 2.75) is 19.3 Å². The number of aliphatic hydroxyl groups excluding tert-OH is 1. The molecule has 0 spiro atoms. The number of carbonyl (C=O) groups excluding carboxylic acids is 2. The minimum atomic E-state index is -0.983. The first-order valence-electron chi connectivity index (χ1n) is 7.34. The van der Waals surface area contributed by atoms with Crippen LogP contribution in [-0.4, -0.2) is 70.1 Å². The first-order valence-corrected chi connectivity index (χ1v) is 8.53. The number of ketones is 1. The highest BCUT2D eigenvalue weighted by molar-refractivity contribution is 7.15. The van der Waals surface area contributed by atoms with Crippen molar-refractivity contribution in [3.8, 4) is 0 Å². The quantitative estimate of drug-likeness (QED) is 0.622. The van der Waals surface area contributed by atoms with Gasteiger partial charge in [-0.25, -0.2) is 9.78 Å². The van der Waals surface area contributed by atoms with Gasteiger partial charge in [0.1, 0.15) is 0 Å². The van der Waals surface area contributed by atoms with Crippen LogP contribution in [0, 0.1) is 0 Å². The average molecular weight is 373 g/mol. The van der Waals surface area contributed by atoms with Crippen molar-refractivity contribution in [3.63, 3.8) is 0 Å². The van der Waals surface area contributed by atoms with E-state index in [2.05, 4.69) is 4.98 Å². The number of rotatable bonds is 4. The van der Waals surface area contributed by atoms with Crippen LogP contribution >= 0.6 is 22.9 Å². The molecule has 1 aromatic heterocycles. The second-order valence-electron chi connectivity index (χ2n) is 5.56. The van der Waals surface area contributed by atoms with Crippen LogP contribution in [0.25, 0.3) is 0 Å². The van der Waals surface area contributed by atoms with Gasteiger partial charge in [0, 0.05) is 24.7 Å². The zero-order valence-corrected chi connectivity index (χ0v) is 15.0. The summed E-state index contributed by atoms with van der Waals surface area (Å²) in [6.07, 6.45) is 1.28. The van der Waals surface area contributed by atoms with Crippen molar-refractivity contribution in [2.24, 2.45) is 0 Å². The fraction of sp³-hybridized carbons (Fsp3) is 0.500. The predicted octanol–water partition coefficient (Wildman–Crippen LogP) is 1.17. The minimum Gasteiger partial charge on any atom is -0.493 e. The largest absolute Gasteiger partial charge is 0.493 e. The Morgan fingerprint density at radius 3 is 2.79 bits per heavy atom. The molecule has 0 radical (unpaired) electrons. The summed E-state index contributed by atoms with van der Waals surface area (Å²) in [6.45, 7) is 2.31. The summed E-state index contributed by atoms with van der Waals surface area (Å²) in [5.74, 6) is -2.09. The summed E-state index contributed by atoms with van der Waals surface area (Å²) in [6, 6.07) is -0.245. The standard InChI is InChI=1S/C14H17ClN4O4S/c1-4-23-12(22)10(20)9-11(21)18(3)14-17(2)6-7(19(9)14)8-5-16-13(15)24-8/h5,7,14,21H,4,6H2,1-3H3. The fourth-order valence-electron chi connectivity index (χ4n) is 3.13. The molecule has 0 aliphatic carbocycles. The van der Waals surface area contributed by atoms with E-state index in [0.29, 0.717) is 11.0 Å². The normalized spacial score (nSPS) is 23.8. The number of esters is 1. The van der Waals surface area contributed by atoms with Crippen LogP contribution in [0.5, 0.6) is 0 Å². The molecular formula is C14H17ClN4O4S. The number of ether oxygens (including phenoxy) is 1. The topological polar surface area (TPSA) is 86.2 Å². The zero-order valence-electron chi connectivity index (χ0n) is 13.4. The lowest BCUT2D eigenvalue weighted by molar-refractivity contribution is -0.152. The number of fused-ring (bicyclic) bond motifs is 1. The van der Waals surface area contributed by atoms with Gasteiger partial charge in [-0.2, -0.15) is 0 Å². The number of likely N-dealkylation sites (N-methyl/N-ethyl adjacent to an activating group) is 1. The van der Waals surface area contributed by atoms with Gasteiger partial charge >= 0.3 is 5.97 Å². The molecule has 8 nitrogen and oxygen atoms in total. The molecule has 24 heavy (non-hydrogen) atoms. The van der Waals surface area contributed by atoms with Crippen molar-refractivity contribution in [3.05, 3.63) is 27.1 Å². The second-order valence-corrected chi connectivity index (χ2v) is 7.20. The lowest BCUT2D eigenvalue weighted by Crippen LogP contribution is -2.43. The zero-order chi connectivity index (χ0) is 17.6. The molecule has 2 atom stereocenters. The molecule has 10 heteroatoms. The monoisotopic (exact) mass is 372 g/mol.